The van der Waals surface area contributed by atoms with Crippen molar-refractivity contribution in [1.29, 1.82) is 0 Å². The number of benzene rings is 2. The summed E-state index contributed by atoms with van der Waals surface area (Å²) in [5, 5.41) is 7.26. The van der Waals surface area contributed by atoms with Crippen LogP contribution in [0.4, 0.5) is 26.3 Å². The summed E-state index contributed by atoms with van der Waals surface area (Å²) in [7, 11) is 1.82. The van der Waals surface area contributed by atoms with Crippen molar-refractivity contribution < 1.29 is 35.9 Å². The quantitative estimate of drug-likeness (QED) is 0.413. The Morgan fingerprint density at radius 1 is 0.975 bits per heavy atom. The number of hydrogen-bond acceptors (Lipinski definition) is 4. The van der Waals surface area contributed by atoms with Crippen LogP contribution in [0, 0.1) is 5.92 Å². The van der Waals surface area contributed by atoms with Crippen molar-refractivity contribution in [2.45, 2.75) is 74.8 Å². The number of rotatable bonds is 8. The van der Waals surface area contributed by atoms with E-state index in [2.05, 4.69) is 10.6 Å². The lowest BCUT2D eigenvalue weighted by Gasteiger charge is -2.42. The number of alkyl halides is 6. The third kappa shape index (κ3) is 5.87. The molecule has 0 aliphatic carbocycles. The highest BCUT2D eigenvalue weighted by Gasteiger charge is 2.54. The Morgan fingerprint density at radius 2 is 1.65 bits per heavy atom. The van der Waals surface area contributed by atoms with E-state index in [4.69, 9.17) is 4.74 Å². The molecule has 2 aromatic rings. The molecule has 11 heteroatoms. The number of carbonyl (C=O) groups excluding carboxylic acids is 1. The molecule has 1 amide bonds. The zero-order valence-corrected chi connectivity index (χ0v) is 22.1. The summed E-state index contributed by atoms with van der Waals surface area (Å²) in [5.74, 6) is 0.387. The minimum Gasteiger partial charge on any atom is -0.371 e. The van der Waals surface area contributed by atoms with Crippen molar-refractivity contribution in [3.05, 3.63) is 70.8 Å². The van der Waals surface area contributed by atoms with E-state index < -0.39 is 35.1 Å². The number of carbonyl (C=O) groups is 1. The summed E-state index contributed by atoms with van der Waals surface area (Å²) >= 11 is 0. The number of amides is 1. The molecule has 3 aliphatic rings. The number of ether oxygens (including phenoxy) is 1. The van der Waals surface area contributed by atoms with E-state index in [9.17, 15) is 31.1 Å². The number of likely N-dealkylation sites (tertiary alicyclic amines) is 1. The highest BCUT2D eigenvalue weighted by Crippen LogP contribution is 2.47. The second-order valence-electron chi connectivity index (χ2n) is 11.2. The topological polar surface area (TPSA) is 53.6 Å². The van der Waals surface area contributed by atoms with E-state index in [1.165, 1.54) is 0 Å². The average Bonchev–Trinajstić information content (AvgIpc) is 3.39. The van der Waals surface area contributed by atoms with Gasteiger partial charge in [0, 0.05) is 32.1 Å². The molecule has 2 aromatic carbocycles. The first kappa shape index (κ1) is 28.9. The predicted molar refractivity (Wildman–Crippen MR) is 136 cm³/mol. The van der Waals surface area contributed by atoms with Crippen LogP contribution in [0.25, 0.3) is 0 Å². The van der Waals surface area contributed by atoms with Gasteiger partial charge in [0.15, 0.2) is 0 Å². The molecule has 5 nitrogen and oxygen atoms in total. The lowest BCUT2D eigenvalue weighted by atomic mass is 9.80. The molecule has 2 N–H and O–H groups in total. The molecule has 0 spiro atoms. The van der Waals surface area contributed by atoms with E-state index in [1.807, 2.05) is 37.4 Å². The van der Waals surface area contributed by atoms with Gasteiger partial charge in [-0.3, -0.25) is 4.79 Å². The third-order valence-electron chi connectivity index (χ3n) is 8.69. The SMILES string of the molecule is CN1C(=O)CCC1CNC[C@H]1C[C@]2(c3ccccc3)N[C@H]1CC[C@H]2OCc1cc(C(F)(F)F)cc(C(F)(F)F)c1. The van der Waals surface area contributed by atoms with Gasteiger partial charge in [0.1, 0.15) is 0 Å². The molecule has 1 unspecified atom stereocenters. The smallest absolute Gasteiger partial charge is 0.371 e. The average molecular weight is 570 g/mol. The Balaban J connectivity index is 1.33. The second kappa shape index (κ2) is 11.0. The van der Waals surface area contributed by atoms with E-state index >= 15 is 0 Å². The highest BCUT2D eigenvalue weighted by atomic mass is 19.4. The fourth-order valence-corrected chi connectivity index (χ4v) is 6.57. The predicted octanol–water partition coefficient (Wildman–Crippen LogP) is 5.49. The van der Waals surface area contributed by atoms with Gasteiger partial charge in [0.05, 0.1) is 29.4 Å². The summed E-state index contributed by atoms with van der Waals surface area (Å²) in [4.78, 5) is 13.6. The Morgan fingerprint density at radius 3 is 2.25 bits per heavy atom. The molecule has 0 saturated carbocycles. The standard InChI is InChI=1S/C29H33F6N3O2/c1-38-23(7-10-26(38)39)16-36-15-19-14-27(20-5-3-2-4-6-20)25(9-8-24(19)37-27)40-17-18-11-21(28(30,31)32)13-22(12-18)29(33,34)35/h2-6,11-13,19,23-25,36-37H,7-10,14-17H2,1H3/t19-,23?,24+,25-,27-/m1/s1. The van der Waals surface area contributed by atoms with Gasteiger partial charge >= 0.3 is 12.4 Å². The summed E-state index contributed by atoms with van der Waals surface area (Å²) in [6.07, 6.45) is -6.79. The number of nitrogens with one attached hydrogen (secondary N) is 2. The van der Waals surface area contributed by atoms with Gasteiger partial charge in [-0.25, -0.2) is 0 Å². The molecule has 0 radical (unpaired) electrons. The zero-order valence-electron chi connectivity index (χ0n) is 22.1. The summed E-state index contributed by atoms with van der Waals surface area (Å²) in [6, 6.07) is 11.6. The van der Waals surface area contributed by atoms with Crippen LogP contribution in [0.3, 0.4) is 0 Å². The molecule has 5 rings (SSSR count). The van der Waals surface area contributed by atoms with Crippen molar-refractivity contribution in [2.75, 3.05) is 20.1 Å². The van der Waals surface area contributed by atoms with Gasteiger partial charge in [0.2, 0.25) is 5.91 Å². The molecule has 3 fully saturated rings. The Labute approximate surface area is 229 Å². The van der Waals surface area contributed by atoms with Gasteiger partial charge in [-0.2, -0.15) is 26.3 Å². The molecule has 218 valence electrons. The summed E-state index contributed by atoms with van der Waals surface area (Å²) < 4.78 is 86.4. The van der Waals surface area contributed by atoms with Gasteiger partial charge in [-0.1, -0.05) is 30.3 Å². The number of hydrogen-bond donors (Lipinski definition) is 2. The lowest BCUT2D eigenvalue weighted by molar-refractivity contribution is -0.143. The lowest BCUT2D eigenvalue weighted by Crippen LogP contribution is -2.54. The number of fused-ring (bicyclic) bond motifs is 2. The van der Waals surface area contributed by atoms with Crippen LogP contribution in [0.2, 0.25) is 0 Å². The minimum absolute atomic E-state index is 0.134. The molecule has 2 bridgehead atoms. The molecule has 0 aromatic heterocycles. The number of halogens is 6. The van der Waals surface area contributed by atoms with Crippen LogP contribution in [0.5, 0.6) is 0 Å². The van der Waals surface area contributed by atoms with Gasteiger partial charge in [-0.05, 0) is 67.5 Å². The van der Waals surface area contributed by atoms with Gasteiger partial charge in [-0.15, -0.1) is 0 Å². The van der Waals surface area contributed by atoms with E-state index in [0.717, 1.165) is 37.1 Å². The van der Waals surface area contributed by atoms with Gasteiger partial charge < -0.3 is 20.3 Å². The summed E-state index contributed by atoms with van der Waals surface area (Å²) in [6.45, 7) is 1.05. The van der Waals surface area contributed by atoms with Crippen LogP contribution in [0.1, 0.15) is 54.4 Å². The maximum atomic E-state index is 13.4. The third-order valence-corrected chi connectivity index (χ3v) is 8.69. The van der Waals surface area contributed by atoms with Crippen molar-refractivity contribution in [3.63, 3.8) is 0 Å². The largest absolute Gasteiger partial charge is 0.416 e. The normalized spacial score (nSPS) is 28.9. The van der Waals surface area contributed by atoms with E-state index in [0.29, 0.717) is 25.8 Å². The van der Waals surface area contributed by atoms with Crippen LogP contribution in [-0.2, 0) is 34.0 Å². The Kier molecular flexibility index (Phi) is 7.93. The zero-order chi connectivity index (χ0) is 28.7. The Bertz CT molecular complexity index is 1170. The van der Waals surface area contributed by atoms with E-state index in [-0.39, 0.29) is 42.1 Å². The first-order chi connectivity index (χ1) is 18.9. The van der Waals surface area contributed by atoms with Crippen molar-refractivity contribution in [1.82, 2.24) is 15.5 Å². The monoisotopic (exact) mass is 569 g/mol. The number of likely N-dealkylation sites (N-methyl/N-ethyl adjacent to an activating group) is 1. The van der Waals surface area contributed by atoms with Crippen molar-refractivity contribution >= 4 is 5.91 Å². The fourth-order valence-electron chi connectivity index (χ4n) is 6.57. The highest BCUT2D eigenvalue weighted by molar-refractivity contribution is 5.78. The fraction of sp³-hybridized carbons (Fsp3) is 0.552. The molecule has 3 aliphatic heterocycles. The van der Waals surface area contributed by atoms with Crippen LogP contribution in [-0.4, -0.2) is 49.1 Å². The van der Waals surface area contributed by atoms with Crippen LogP contribution < -0.4 is 10.6 Å². The maximum absolute atomic E-state index is 13.4. The second-order valence-corrected chi connectivity index (χ2v) is 11.2. The van der Waals surface area contributed by atoms with Crippen molar-refractivity contribution in [3.8, 4) is 0 Å². The van der Waals surface area contributed by atoms with Crippen molar-refractivity contribution in [2.24, 2.45) is 5.92 Å². The van der Waals surface area contributed by atoms with Crippen LogP contribution >= 0.6 is 0 Å². The van der Waals surface area contributed by atoms with Crippen LogP contribution in [0.15, 0.2) is 48.5 Å². The Hall–Kier alpha value is -2.63. The number of piperidine rings is 1. The van der Waals surface area contributed by atoms with Gasteiger partial charge in [0.25, 0.3) is 0 Å². The molecule has 40 heavy (non-hydrogen) atoms. The first-order valence-corrected chi connectivity index (χ1v) is 13.6. The number of nitrogens with zero attached hydrogens (tertiary/aromatic N) is 1. The van der Waals surface area contributed by atoms with E-state index in [1.54, 1.807) is 4.90 Å². The summed E-state index contributed by atoms with van der Waals surface area (Å²) in [5.41, 5.74) is -2.50. The first-order valence-electron chi connectivity index (χ1n) is 13.6. The molecular weight excluding hydrogens is 536 g/mol. The molecule has 3 heterocycles. The maximum Gasteiger partial charge on any atom is 0.416 e. The molecule has 5 atom stereocenters. The molecule has 3 saturated heterocycles. The minimum atomic E-state index is -4.91. The molecular formula is C29H33F6N3O2.